The van der Waals surface area contributed by atoms with Crippen LogP contribution in [-0.4, -0.2) is 63.3 Å². The van der Waals surface area contributed by atoms with Gasteiger partial charge in [0.15, 0.2) is 5.96 Å². The fourth-order valence-corrected chi connectivity index (χ4v) is 2.08. The van der Waals surface area contributed by atoms with E-state index in [0.29, 0.717) is 0 Å². The van der Waals surface area contributed by atoms with E-state index in [-0.39, 0.29) is 24.0 Å². The molecule has 1 fully saturated rings. The maximum absolute atomic E-state index is 5.64. The van der Waals surface area contributed by atoms with Crippen LogP contribution in [0.2, 0.25) is 0 Å². The summed E-state index contributed by atoms with van der Waals surface area (Å²) < 4.78 is 5.64. The van der Waals surface area contributed by atoms with Crippen LogP contribution in [0.3, 0.4) is 0 Å². The molecule has 114 valence electrons. The van der Waals surface area contributed by atoms with Gasteiger partial charge in [-0.05, 0) is 37.2 Å². The van der Waals surface area contributed by atoms with Crippen LogP contribution >= 0.6 is 35.7 Å². The molecule has 1 N–H and O–H groups in total. The maximum atomic E-state index is 5.64. The average molecular weight is 401 g/mol. The van der Waals surface area contributed by atoms with Crippen molar-refractivity contribution >= 4 is 41.7 Å². The highest BCUT2D eigenvalue weighted by atomic mass is 127. The van der Waals surface area contributed by atoms with E-state index in [1.165, 1.54) is 25.0 Å². The van der Waals surface area contributed by atoms with E-state index in [0.717, 1.165) is 38.2 Å². The zero-order valence-electron chi connectivity index (χ0n) is 12.4. The fraction of sp³-hybridized carbons (Fsp3) is 0.923. The predicted molar refractivity (Wildman–Crippen MR) is 95.9 cm³/mol. The minimum Gasteiger partial charge on any atom is -0.379 e. The molecule has 0 saturated heterocycles. The van der Waals surface area contributed by atoms with E-state index in [2.05, 4.69) is 28.5 Å². The largest absolute Gasteiger partial charge is 0.379 e. The van der Waals surface area contributed by atoms with E-state index in [1.807, 2.05) is 18.8 Å². The average Bonchev–Trinajstić information content (AvgIpc) is 3.18. The number of rotatable bonds is 9. The van der Waals surface area contributed by atoms with Gasteiger partial charge in [-0.2, -0.15) is 11.8 Å². The van der Waals surface area contributed by atoms with Gasteiger partial charge in [0.05, 0.1) is 6.61 Å². The first-order chi connectivity index (χ1) is 8.77. The van der Waals surface area contributed by atoms with Crippen LogP contribution in [0.5, 0.6) is 0 Å². The van der Waals surface area contributed by atoms with Crippen LogP contribution in [0.4, 0.5) is 0 Å². The zero-order chi connectivity index (χ0) is 13.2. The maximum Gasteiger partial charge on any atom is 0.193 e. The molecule has 1 aliphatic carbocycles. The Morgan fingerprint density at radius 1 is 1.47 bits per heavy atom. The van der Waals surface area contributed by atoms with Gasteiger partial charge < -0.3 is 15.0 Å². The quantitative estimate of drug-likeness (QED) is 0.279. The molecule has 0 aromatic rings. The van der Waals surface area contributed by atoms with Gasteiger partial charge >= 0.3 is 0 Å². The smallest absolute Gasteiger partial charge is 0.193 e. The van der Waals surface area contributed by atoms with Gasteiger partial charge in [0, 0.05) is 33.8 Å². The van der Waals surface area contributed by atoms with Crippen molar-refractivity contribution in [3.8, 4) is 0 Å². The minimum atomic E-state index is 0. The lowest BCUT2D eigenvalue weighted by Gasteiger charge is -2.22. The molecule has 0 spiro atoms. The summed E-state index contributed by atoms with van der Waals surface area (Å²) in [5.74, 6) is 3.00. The highest BCUT2D eigenvalue weighted by Gasteiger charge is 2.21. The summed E-state index contributed by atoms with van der Waals surface area (Å²) in [5, 5.41) is 3.37. The summed E-state index contributed by atoms with van der Waals surface area (Å²) in [7, 11) is 3.89. The number of hydrogen-bond donors (Lipinski definition) is 1. The van der Waals surface area contributed by atoms with Crippen LogP contribution < -0.4 is 5.32 Å². The second-order valence-electron chi connectivity index (χ2n) is 4.76. The summed E-state index contributed by atoms with van der Waals surface area (Å²) in [6, 6.07) is 0. The number of nitrogens with zero attached hydrogens (tertiary/aromatic N) is 2. The van der Waals surface area contributed by atoms with Gasteiger partial charge in [-0.1, -0.05) is 0 Å². The van der Waals surface area contributed by atoms with E-state index in [1.54, 1.807) is 0 Å². The molecule has 0 unspecified atom stereocenters. The van der Waals surface area contributed by atoms with Gasteiger partial charge in [-0.3, -0.25) is 4.99 Å². The second-order valence-corrected chi connectivity index (χ2v) is 5.75. The second kappa shape index (κ2) is 12.1. The van der Waals surface area contributed by atoms with Crippen molar-refractivity contribution in [2.75, 3.05) is 52.4 Å². The third-order valence-corrected chi connectivity index (χ3v) is 3.70. The monoisotopic (exact) mass is 401 g/mol. The number of hydrogen-bond acceptors (Lipinski definition) is 3. The lowest BCUT2D eigenvalue weighted by molar-refractivity contribution is 0.115. The lowest BCUT2D eigenvalue weighted by Crippen LogP contribution is -2.41. The third kappa shape index (κ3) is 9.79. The van der Waals surface area contributed by atoms with Gasteiger partial charge in [0.2, 0.25) is 0 Å². The minimum absolute atomic E-state index is 0. The van der Waals surface area contributed by atoms with Crippen molar-refractivity contribution in [1.29, 1.82) is 0 Å². The number of halogens is 1. The van der Waals surface area contributed by atoms with Crippen molar-refractivity contribution in [1.82, 2.24) is 10.2 Å². The number of likely N-dealkylation sites (N-methyl/N-ethyl adjacent to an activating group) is 1. The van der Waals surface area contributed by atoms with E-state index in [4.69, 9.17) is 4.74 Å². The van der Waals surface area contributed by atoms with Gasteiger partial charge in [-0.15, -0.1) is 24.0 Å². The molecule has 4 nitrogen and oxygen atoms in total. The van der Waals surface area contributed by atoms with Crippen LogP contribution in [-0.2, 0) is 4.74 Å². The molecule has 0 amide bonds. The van der Waals surface area contributed by atoms with Crippen molar-refractivity contribution < 1.29 is 4.74 Å². The summed E-state index contributed by atoms with van der Waals surface area (Å²) in [6.07, 6.45) is 6.02. The predicted octanol–water partition coefficient (Wildman–Crippen LogP) is 2.29. The summed E-state index contributed by atoms with van der Waals surface area (Å²) >= 11 is 1.88. The molecule has 1 saturated carbocycles. The molecule has 0 heterocycles. The van der Waals surface area contributed by atoms with Crippen LogP contribution in [0.1, 0.15) is 19.3 Å². The van der Waals surface area contributed by atoms with Crippen LogP contribution in [0.15, 0.2) is 4.99 Å². The Balaban J connectivity index is 0.00000324. The van der Waals surface area contributed by atoms with E-state index < -0.39 is 0 Å². The molecule has 0 aromatic heterocycles. The molecular weight excluding hydrogens is 373 g/mol. The van der Waals surface area contributed by atoms with Crippen LogP contribution in [0.25, 0.3) is 0 Å². The third-order valence-electron chi connectivity index (χ3n) is 3.00. The van der Waals surface area contributed by atoms with Gasteiger partial charge in [0.25, 0.3) is 0 Å². The Bertz CT molecular complexity index is 250. The Morgan fingerprint density at radius 3 is 2.79 bits per heavy atom. The Labute approximate surface area is 139 Å². The van der Waals surface area contributed by atoms with E-state index in [9.17, 15) is 0 Å². The van der Waals surface area contributed by atoms with Gasteiger partial charge in [-0.25, -0.2) is 0 Å². The number of ether oxygens (including phenoxy) is 1. The normalized spacial score (nSPS) is 15.0. The molecule has 19 heavy (non-hydrogen) atoms. The first kappa shape index (κ1) is 19.3. The number of aliphatic imine (C=N–C) groups is 1. The molecule has 0 aromatic carbocycles. The Kier molecular flexibility index (Phi) is 12.3. The van der Waals surface area contributed by atoms with Gasteiger partial charge in [0.1, 0.15) is 0 Å². The SMILES string of the molecule is CN=C(NCCCSC)N(C)CCOCC1CC1.I. The van der Waals surface area contributed by atoms with Crippen LogP contribution in [0, 0.1) is 5.92 Å². The molecule has 0 bridgehead atoms. The molecule has 1 aliphatic rings. The Hall–Kier alpha value is 0.310. The summed E-state index contributed by atoms with van der Waals surface area (Å²) in [6.45, 7) is 3.61. The van der Waals surface area contributed by atoms with Crippen molar-refractivity contribution in [3.63, 3.8) is 0 Å². The molecular formula is C13H28IN3OS. The van der Waals surface area contributed by atoms with Crippen molar-refractivity contribution in [3.05, 3.63) is 0 Å². The number of thioether (sulfide) groups is 1. The Morgan fingerprint density at radius 2 is 2.21 bits per heavy atom. The first-order valence-electron chi connectivity index (χ1n) is 6.76. The summed E-state index contributed by atoms with van der Waals surface area (Å²) in [5.41, 5.74) is 0. The number of guanidine groups is 1. The molecule has 0 aliphatic heterocycles. The highest BCUT2D eigenvalue weighted by molar-refractivity contribution is 14.0. The zero-order valence-corrected chi connectivity index (χ0v) is 15.5. The standard InChI is InChI=1S/C13H27N3OS.HI/c1-14-13(15-7-4-10-18-3)16(2)8-9-17-11-12-5-6-12;/h12H,4-11H2,1-3H3,(H,14,15);1H. The van der Waals surface area contributed by atoms with E-state index >= 15 is 0 Å². The first-order valence-corrected chi connectivity index (χ1v) is 8.15. The lowest BCUT2D eigenvalue weighted by atomic mass is 10.4. The molecule has 0 atom stereocenters. The number of nitrogens with one attached hydrogen (secondary N) is 1. The summed E-state index contributed by atoms with van der Waals surface area (Å²) in [4.78, 5) is 6.41. The fourth-order valence-electron chi connectivity index (χ4n) is 1.64. The molecule has 0 radical (unpaired) electrons. The van der Waals surface area contributed by atoms with Crippen molar-refractivity contribution in [2.45, 2.75) is 19.3 Å². The van der Waals surface area contributed by atoms with Crippen molar-refractivity contribution in [2.24, 2.45) is 10.9 Å². The topological polar surface area (TPSA) is 36.9 Å². The highest BCUT2D eigenvalue weighted by Crippen LogP contribution is 2.28. The molecule has 6 heteroatoms. The molecule has 1 rings (SSSR count).